The minimum absolute atomic E-state index is 0.0352. The zero-order valence-electron chi connectivity index (χ0n) is 10.3. The lowest BCUT2D eigenvalue weighted by Gasteiger charge is -2.17. The Morgan fingerprint density at radius 3 is 2.61 bits per heavy atom. The molecule has 0 aliphatic carbocycles. The molecule has 0 bridgehead atoms. The molecular weight excluding hydrogens is 266 g/mol. The zero-order chi connectivity index (χ0) is 13.1. The first-order chi connectivity index (χ1) is 8.58. The van der Waals surface area contributed by atoms with Crippen LogP contribution in [-0.2, 0) is 6.54 Å². The lowest BCUT2D eigenvalue weighted by Crippen LogP contribution is -2.25. The van der Waals surface area contributed by atoms with Gasteiger partial charge >= 0.3 is 0 Å². The Balaban J connectivity index is 2.11. The first-order valence-electron chi connectivity index (χ1n) is 5.63. The summed E-state index contributed by atoms with van der Waals surface area (Å²) in [6.07, 6.45) is 0. The highest BCUT2D eigenvalue weighted by Gasteiger charge is 2.14. The van der Waals surface area contributed by atoms with Crippen molar-refractivity contribution in [3.05, 3.63) is 56.7 Å². The fourth-order valence-electron chi connectivity index (χ4n) is 1.69. The van der Waals surface area contributed by atoms with E-state index in [2.05, 4.69) is 0 Å². The number of thiophene rings is 1. The molecule has 1 amide bonds. The van der Waals surface area contributed by atoms with E-state index in [4.69, 9.17) is 11.6 Å². The third-order valence-electron chi connectivity index (χ3n) is 2.66. The third kappa shape index (κ3) is 2.92. The minimum Gasteiger partial charge on any atom is -0.337 e. The monoisotopic (exact) mass is 279 g/mol. The Hall–Kier alpha value is -1.32. The van der Waals surface area contributed by atoms with Gasteiger partial charge in [0.25, 0.3) is 5.91 Å². The summed E-state index contributed by atoms with van der Waals surface area (Å²) in [6.45, 7) is 2.52. The molecule has 0 atom stereocenters. The van der Waals surface area contributed by atoms with Crippen LogP contribution in [-0.4, -0.2) is 17.9 Å². The molecule has 0 N–H and O–H groups in total. The second-order valence-electron chi connectivity index (χ2n) is 4.16. The number of hydrogen-bond acceptors (Lipinski definition) is 2. The molecule has 0 aliphatic rings. The van der Waals surface area contributed by atoms with Crippen LogP contribution < -0.4 is 0 Å². The Morgan fingerprint density at radius 2 is 2.00 bits per heavy atom. The lowest BCUT2D eigenvalue weighted by atomic mass is 10.2. The predicted octanol–water partition coefficient (Wildman–Crippen LogP) is 3.98. The SMILES string of the molecule is Cc1ccc(C(=O)N(C)Cc2ccccc2Cl)s1. The molecule has 1 aromatic heterocycles. The first kappa shape index (κ1) is 13.1. The Morgan fingerprint density at radius 1 is 1.28 bits per heavy atom. The maximum atomic E-state index is 12.2. The lowest BCUT2D eigenvalue weighted by molar-refractivity contribution is 0.0790. The van der Waals surface area contributed by atoms with Crippen LogP contribution >= 0.6 is 22.9 Å². The summed E-state index contributed by atoms with van der Waals surface area (Å²) in [6, 6.07) is 11.4. The van der Waals surface area contributed by atoms with E-state index in [1.165, 1.54) is 11.3 Å². The molecule has 0 fully saturated rings. The van der Waals surface area contributed by atoms with E-state index in [1.54, 1.807) is 11.9 Å². The molecule has 0 saturated carbocycles. The van der Waals surface area contributed by atoms with Crippen LogP contribution in [0, 0.1) is 6.92 Å². The van der Waals surface area contributed by atoms with Crippen molar-refractivity contribution in [2.45, 2.75) is 13.5 Å². The smallest absolute Gasteiger partial charge is 0.263 e. The largest absolute Gasteiger partial charge is 0.337 e. The number of amides is 1. The summed E-state index contributed by atoms with van der Waals surface area (Å²) >= 11 is 7.60. The van der Waals surface area contributed by atoms with E-state index in [0.717, 1.165) is 15.3 Å². The highest BCUT2D eigenvalue weighted by Crippen LogP contribution is 2.20. The van der Waals surface area contributed by atoms with Crippen molar-refractivity contribution in [1.29, 1.82) is 0 Å². The molecule has 1 heterocycles. The minimum atomic E-state index is 0.0352. The van der Waals surface area contributed by atoms with Gasteiger partial charge in [0, 0.05) is 23.5 Å². The Bertz CT molecular complexity index is 564. The van der Waals surface area contributed by atoms with Crippen LogP contribution in [0.5, 0.6) is 0 Å². The summed E-state index contributed by atoms with van der Waals surface area (Å²) in [5.74, 6) is 0.0352. The van der Waals surface area contributed by atoms with Gasteiger partial charge in [0.05, 0.1) is 4.88 Å². The van der Waals surface area contributed by atoms with E-state index in [1.807, 2.05) is 43.3 Å². The molecule has 0 radical (unpaired) electrons. The van der Waals surface area contributed by atoms with Gasteiger partial charge in [-0.3, -0.25) is 4.79 Å². The van der Waals surface area contributed by atoms with Crippen LogP contribution in [0.4, 0.5) is 0 Å². The Kier molecular flexibility index (Phi) is 4.04. The molecule has 18 heavy (non-hydrogen) atoms. The van der Waals surface area contributed by atoms with Crippen molar-refractivity contribution >= 4 is 28.8 Å². The number of rotatable bonds is 3. The number of benzene rings is 1. The fourth-order valence-corrected chi connectivity index (χ4v) is 2.75. The number of carbonyl (C=O) groups excluding carboxylic acids is 1. The van der Waals surface area contributed by atoms with Crippen molar-refractivity contribution < 1.29 is 4.79 Å². The normalized spacial score (nSPS) is 10.4. The van der Waals surface area contributed by atoms with Gasteiger partial charge in [0.1, 0.15) is 0 Å². The van der Waals surface area contributed by atoms with Crippen LogP contribution in [0.2, 0.25) is 5.02 Å². The van der Waals surface area contributed by atoms with Gasteiger partial charge in [0.2, 0.25) is 0 Å². The third-order valence-corrected chi connectivity index (χ3v) is 4.02. The van der Waals surface area contributed by atoms with Gasteiger partial charge in [-0.25, -0.2) is 0 Å². The van der Waals surface area contributed by atoms with E-state index in [9.17, 15) is 4.79 Å². The number of halogens is 1. The molecule has 0 unspecified atom stereocenters. The summed E-state index contributed by atoms with van der Waals surface area (Å²) in [4.78, 5) is 15.8. The van der Waals surface area contributed by atoms with Gasteiger partial charge in [-0.15, -0.1) is 11.3 Å². The number of hydrogen-bond donors (Lipinski definition) is 0. The predicted molar refractivity (Wildman–Crippen MR) is 76.3 cm³/mol. The standard InChI is InChI=1S/C14H14ClNOS/c1-10-7-8-13(18-10)14(17)16(2)9-11-5-3-4-6-12(11)15/h3-8H,9H2,1-2H3. The molecule has 0 spiro atoms. The molecule has 0 aliphatic heterocycles. The van der Waals surface area contributed by atoms with Gasteiger partial charge in [-0.1, -0.05) is 29.8 Å². The van der Waals surface area contributed by atoms with Crippen LogP contribution in [0.25, 0.3) is 0 Å². The number of nitrogens with zero attached hydrogens (tertiary/aromatic N) is 1. The molecule has 4 heteroatoms. The van der Waals surface area contributed by atoms with Crippen molar-refractivity contribution in [3.8, 4) is 0 Å². The van der Waals surface area contributed by atoms with Crippen molar-refractivity contribution in [3.63, 3.8) is 0 Å². The molecule has 94 valence electrons. The van der Waals surface area contributed by atoms with Crippen molar-refractivity contribution in [2.75, 3.05) is 7.05 Å². The maximum absolute atomic E-state index is 12.2. The number of aryl methyl sites for hydroxylation is 1. The van der Waals surface area contributed by atoms with Crippen LogP contribution in [0.1, 0.15) is 20.1 Å². The average molecular weight is 280 g/mol. The molecular formula is C14H14ClNOS. The highest BCUT2D eigenvalue weighted by atomic mass is 35.5. The van der Waals surface area contributed by atoms with Gasteiger partial charge < -0.3 is 4.90 Å². The highest BCUT2D eigenvalue weighted by molar-refractivity contribution is 7.13. The molecule has 2 aromatic rings. The van der Waals surface area contributed by atoms with Crippen LogP contribution in [0.15, 0.2) is 36.4 Å². The summed E-state index contributed by atoms with van der Waals surface area (Å²) in [5, 5.41) is 0.694. The summed E-state index contributed by atoms with van der Waals surface area (Å²) in [5.41, 5.74) is 0.961. The van der Waals surface area contributed by atoms with Gasteiger partial charge in [-0.05, 0) is 30.7 Å². The average Bonchev–Trinajstić information content (AvgIpc) is 2.78. The van der Waals surface area contributed by atoms with Crippen LogP contribution in [0.3, 0.4) is 0 Å². The topological polar surface area (TPSA) is 20.3 Å². The zero-order valence-corrected chi connectivity index (χ0v) is 11.9. The molecule has 0 saturated heterocycles. The fraction of sp³-hybridized carbons (Fsp3) is 0.214. The Labute approximate surface area is 116 Å². The molecule has 2 nitrogen and oxygen atoms in total. The number of carbonyl (C=O) groups is 1. The van der Waals surface area contributed by atoms with E-state index < -0.39 is 0 Å². The quantitative estimate of drug-likeness (QED) is 0.832. The van der Waals surface area contributed by atoms with Crippen molar-refractivity contribution in [1.82, 2.24) is 4.90 Å². The molecule has 1 aromatic carbocycles. The second kappa shape index (κ2) is 5.55. The van der Waals surface area contributed by atoms with Crippen molar-refractivity contribution in [2.24, 2.45) is 0 Å². The first-order valence-corrected chi connectivity index (χ1v) is 6.82. The van der Waals surface area contributed by atoms with Gasteiger partial charge in [0.15, 0.2) is 0 Å². The molecule has 2 rings (SSSR count). The van der Waals surface area contributed by atoms with Gasteiger partial charge in [-0.2, -0.15) is 0 Å². The summed E-state index contributed by atoms with van der Waals surface area (Å²) in [7, 11) is 1.79. The van der Waals surface area contributed by atoms with E-state index >= 15 is 0 Å². The van der Waals surface area contributed by atoms with E-state index in [0.29, 0.717) is 11.6 Å². The summed E-state index contributed by atoms with van der Waals surface area (Å²) < 4.78 is 0. The maximum Gasteiger partial charge on any atom is 0.263 e. The second-order valence-corrected chi connectivity index (χ2v) is 5.86. The van der Waals surface area contributed by atoms with E-state index in [-0.39, 0.29) is 5.91 Å².